The first-order chi connectivity index (χ1) is 6.33. The summed E-state index contributed by atoms with van der Waals surface area (Å²) < 4.78 is 39.6. The molecule has 0 aromatic heterocycles. The van der Waals surface area contributed by atoms with Crippen molar-refractivity contribution in [3.8, 4) is 0 Å². The Hall–Kier alpha value is -0.160. The van der Waals surface area contributed by atoms with Crippen LogP contribution in [-0.4, -0.2) is 26.4 Å². The van der Waals surface area contributed by atoms with Gasteiger partial charge in [-0.2, -0.15) is 8.42 Å². The summed E-state index contributed by atoms with van der Waals surface area (Å²) in [5.74, 6) is -0.365. The highest BCUT2D eigenvalue weighted by Crippen LogP contribution is 2.50. The first kappa shape index (κ1) is 10.4. The fourth-order valence-electron chi connectivity index (χ4n) is 2.91. The maximum atomic E-state index is 12.7. The summed E-state index contributed by atoms with van der Waals surface area (Å²) in [5.41, 5.74) is -0.649. The van der Waals surface area contributed by atoms with Crippen LogP contribution in [-0.2, 0) is 15.0 Å². The van der Waals surface area contributed by atoms with Crippen molar-refractivity contribution in [1.29, 1.82) is 0 Å². The summed E-state index contributed by atoms with van der Waals surface area (Å²) in [7, 11) is -4.37. The van der Waals surface area contributed by atoms with Crippen LogP contribution in [0.5, 0.6) is 0 Å². The third kappa shape index (κ3) is 1.93. The molecule has 2 fully saturated rings. The summed E-state index contributed by atoms with van der Waals surface area (Å²) >= 11 is 0. The third-order valence-electron chi connectivity index (χ3n) is 3.37. The molecule has 5 heteroatoms. The quantitative estimate of drug-likeness (QED) is 0.667. The van der Waals surface area contributed by atoms with Crippen LogP contribution in [0.4, 0.5) is 3.89 Å². The number of hydrogen-bond acceptors (Lipinski definition) is 3. The van der Waals surface area contributed by atoms with Crippen molar-refractivity contribution < 1.29 is 17.0 Å². The Morgan fingerprint density at radius 3 is 2.79 bits per heavy atom. The molecule has 0 radical (unpaired) electrons. The van der Waals surface area contributed by atoms with Gasteiger partial charge >= 0.3 is 10.2 Å². The molecule has 2 rings (SSSR count). The molecule has 1 aliphatic heterocycles. The van der Waals surface area contributed by atoms with Crippen molar-refractivity contribution in [2.24, 2.45) is 5.41 Å². The van der Waals surface area contributed by atoms with E-state index in [0.29, 0.717) is 13.0 Å². The van der Waals surface area contributed by atoms with Crippen molar-refractivity contribution in [2.75, 3.05) is 12.4 Å². The fraction of sp³-hybridized carbons (Fsp3) is 1.00. The molecule has 1 saturated carbocycles. The minimum atomic E-state index is -4.37. The second-order valence-corrected chi connectivity index (χ2v) is 6.32. The van der Waals surface area contributed by atoms with E-state index in [1.165, 1.54) is 0 Å². The zero-order chi connectivity index (χ0) is 10.4. The van der Waals surface area contributed by atoms with E-state index < -0.39 is 15.6 Å². The molecule has 0 aromatic carbocycles. The van der Waals surface area contributed by atoms with E-state index in [1.807, 2.05) is 6.92 Å². The van der Waals surface area contributed by atoms with Gasteiger partial charge in [-0.05, 0) is 32.6 Å². The van der Waals surface area contributed by atoms with Gasteiger partial charge in [0.25, 0.3) is 0 Å². The summed E-state index contributed by atoms with van der Waals surface area (Å²) in [6, 6.07) is 0. The minimum absolute atomic E-state index is 0.205. The van der Waals surface area contributed by atoms with Gasteiger partial charge < -0.3 is 4.74 Å². The normalized spacial score (nSPS) is 42.7. The molecule has 0 N–H and O–H groups in total. The van der Waals surface area contributed by atoms with E-state index in [1.54, 1.807) is 0 Å². The van der Waals surface area contributed by atoms with E-state index in [-0.39, 0.29) is 11.4 Å². The molecular weight excluding hydrogens is 207 g/mol. The van der Waals surface area contributed by atoms with Crippen molar-refractivity contribution >= 4 is 10.2 Å². The maximum Gasteiger partial charge on any atom is 0.303 e. The van der Waals surface area contributed by atoms with Gasteiger partial charge in [0, 0.05) is 5.41 Å². The molecule has 1 aliphatic carbocycles. The van der Waals surface area contributed by atoms with Crippen LogP contribution in [0.25, 0.3) is 0 Å². The zero-order valence-electron chi connectivity index (χ0n) is 8.25. The molecule has 0 aromatic rings. The van der Waals surface area contributed by atoms with Crippen molar-refractivity contribution in [3.05, 3.63) is 0 Å². The molecule has 1 heterocycles. The lowest BCUT2D eigenvalue weighted by Crippen LogP contribution is -2.35. The van der Waals surface area contributed by atoms with Gasteiger partial charge in [0.05, 0.1) is 18.0 Å². The Bertz CT molecular complexity index is 340. The van der Waals surface area contributed by atoms with E-state index in [0.717, 1.165) is 19.3 Å². The van der Waals surface area contributed by atoms with Gasteiger partial charge in [-0.15, -0.1) is 3.89 Å². The molecule has 2 unspecified atom stereocenters. The molecule has 1 saturated heterocycles. The molecule has 2 bridgehead atoms. The molecular formula is C9H15FO3S. The second kappa shape index (κ2) is 2.92. The highest BCUT2D eigenvalue weighted by molar-refractivity contribution is 7.86. The van der Waals surface area contributed by atoms with Crippen LogP contribution in [0, 0.1) is 5.41 Å². The summed E-state index contributed by atoms with van der Waals surface area (Å²) in [4.78, 5) is 0. The van der Waals surface area contributed by atoms with Crippen LogP contribution in [0.2, 0.25) is 0 Å². The standard InChI is InChI=1S/C9H15FO3S/c1-8-3-2-4-9(5-8,6-13-8)7-14(10,11)12/h2-7H2,1H3. The lowest BCUT2D eigenvalue weighted by molar-refractivity contribution is 0.0148. The Balaban J connectivity index is 2.18. The lowest BCUT2D eigenvalue weighted by atomic mass is 9.72. The van der Waals surface area contributed by atoms with Crippen molar-refractivity contribution in [3.63, 3.8) is 0 Å². The van der Waals surface area contributed by atoms with Gasteiger partial charge in [-0.3, -0.25) is 0 Å². The second-order valence-electron chi connectivity index (χ2n) is 4.95. The van der Waals surface area contributed by atoms with Crippen LogP contribution in [0.15, 0.2) is 0 Å². The first-order valence-electron chi connectivity index (χ1n) is 4.89. The van der Waals surface area contributed by atoms with Gasteiger partial charge in [0.1, 0.15) is 0 Å². The first-order valence-corrected chi connectivity index (χ1v) is 6.44. The molecule has 0 spiro atoms. The van der Waals surface area contributed by atoms with Crippen LogP contribution >= 0.6 is 0 Å². The van der Waals surface area contributed by atoms with Crippen LogP contribution in [0.1, 0.15) is 32.6 Å². The summed E-state index contributed by atoms with van der Waals surface area (Å²) in [5, 5.41) is 0. The molecule has 14 heavy (non-hydrogen) atoms. The Kier molecular flexibility index (Phi) is 2.16. The molecule has 0 amide bonds. The monoisotopic (exact) mass is 222 g/mol. The van der Waals surface area contributed by atoms with E-state index in [9.17, 15) is 12.3 Å². The topological polar surface area (TPSA) is 43.4 Å². The van der Waals surface area contributed by atoms with Crippen molar-refractivity contribution in [1.82, 2.24) is 0 Å². The van der Waals surface area contributed by atoms with Crippen molar-refractivity contribution in [2.45, 2.75) is 38.2 Å². The molecule has 2 aliphatic rings. The fourth-order valence-corrected chi connectivity index (χ4v) is 3.97. The third-order valence-corrected chi connectivity index (χ3v) is 4.32. The molecule has 82 valence electrons. The Morgan fingerprint density at radius 2 is 2.14 bits per heavy atom. The summed E-state index contributed by atoms with van der Waals surface area (Å²) in [6.45, 7) is 2.38. The zero-order valence-corrected chi connectivity index (χ0v) is 9.07. The Morgan fingerprint density at radius 1 is 1.43 bits per heavy atom. The predicted octanol–water partition coefficient (Wildman–Crippen LogP) is 1.64. The molecule has 2 atom stereocenters. The van der Waals surface area contributed by atoms with Gasteiger partial charge in [-0.1, -0.05) is 0 Å². The number of ether oxygens (including phenoxy) is 1. The highest BCUT2D eigenvalue weighted by Gasteiger charge is 2.51. The smallest absolute Gasteiger partial charge is 0.303 e. The SMILES string of the molecule is CC12CCCC(CS(=O)(=O)F)(CO1)C2. The number of halogens is 1. The van der Waals surface area contributed by atoms with Gasteiger partial charge in [0.2, 0.25) is 0 Å². The minimum Gasteiger partial charge on any atom is -0.375 e. The summed E-state index contributed by atoms with van der Waals surface area (Å²) in [6.07, 6.45) is 3.35. The lowest BCUT2D eigenvalue weighted by Gasteiger charge is -2.33. The van der Waals surface area contributed by atoms with Gasteiger partial charge in [0.15, 0.2) is 0 Å². The van der Waals surface area contributed by atoms with Crippen LogP contribution < -0.4 is 0 Å². The molecule has 3 nitrogen and oxygen atoms in total. The largest absolute Gasteiger partial charge is 0.375 e. The van der Waals surface area contributed by atoms with E-state index in [2.05, 4.69) is 0 Å². The Labute approximate surface area is 83.8 Å². The predicted molar refractivity (Wildman–Crippen MR) is 50.2 cm³/mol. The van der Waals surface area contributed by atoms with Gasteiger partial charge in [-0.25, -0.2) is 0 Å². The maximum absolute atomic E-state index is 12.7. The number of fused-ring (bicyclic) bond motifs is 2. The van der Waals surface area contributed by atoms with E-state index in [4.69, 9.17) is 4.74 Å². The average Bonchev–Trinajstić information content (AvgIpc) is 2.18. The highest BCUT2D eigenvalue weighted by atomic mass is 32.3. The van der Waals surface area contributed by atoms with E-state index >= 15 is 0 Å². The van der Waals surface area contributed by atoms with Crippen LogP contribution in [0.3, 0.4) is 0 Å². The number of rotatable bonds is 2. The average molecular weight is 222 g/mol. The number of hydrogen-bond donors (Lipinski definition) is 0.